The molecule has 0 amide bonds. The molecule has 1 aliphatic heterocycles. The predicted octanol–water partition coefficient (Wildman–Crippen LogP) is 4.13. The number of unbranched alkanes of at least 4 members (excludes halogenated alkanes) is 2. The van der Waals surface area contributed by atoms with Crippen LogP contribution in [-0.2, 0) is 15.9 Å². The molecule has 106 valence electrons. The summed E-state index contributed by atoms with van der Waals surface area (Å²) in [5, 5.41) is 0. The van der Waals surface area contributed by atoms with Gasteiger partial charge in [-0.25, -0.2) is 8.78 Å². The molecular formula is C15H20F2O2. The van der Waals surface area contributed by atoms with E-state index >= 15 is 0 Å². The second-order valence-corrected chi connectivity index (χ2v) is 4.85. The first-order chi connectivity index (χ1) is 9.22. The Balaban J connectivity index is 2.15. The Hall–Kier alpha value is -1.00. The van der Waals surface area contributed by atoms with E-state index in [1.807, 2.05) is 0 Å². The van der Waals surface area contributed by atoms with E-state index in [-0.39, 0.29) is 0 Å². The second kappa shape index (κ2) is 6.96. The molecule has 19 heavy (non-hydrogen) atoms. The highest BCUT2D eigenvalue weighted by Gasteiger charge is 2.22. The second-order valence-electron chi connectivity index (χ2n) is 4.85. The van der Waals surface area contributed by atoms with E-state index in [0.29, 0.717) is 30.8 Å². The first-order valence-electron chi connectivity index (χ1n) is 6.93. The number of aryl methyl sites for hydroxylation is 1. The average Bonchev–Trinajstić information content (AvgIpc) is 2.42. The molecule has 0 N–H and O–H groups in total. The highest BCUT2D eigenvalue weighted by Crippen LogP contribution is 2.28. The van der Waals surface area contributed by atoms with Crippen molar-refractivity contribution in [3.8, 4) is 0 Å². The summed E-state index contributed by atoms with van der Waals surface area (Å²) in [4.78, 5) is 0. The molecule has 1 saturated heterocycles. The Morgan fingerprint density at radius 3 is 2.53 bits per heavy atom. The van der Waals surface area contributed by atoms with Crippen LogP contribution in [0.15, 0.2) is 12.1 Å². The van der Waals surface area contributed by atoms with Crippen molar-refractivity contribution in [1.29, 1.82) is 0 Å². The van der Waals surface area contributed by atoms with Crippen molar-refractivity contribution in [3.63, 3.8) is 0 Å². The van der Waals surface area contributed by atoms with Crippen LogP contribution in [0.4, 0.5) is 8.78 Å². The highest BCUT2D eigenvalue weighted by molar-refractivity contribution is 5.28. The third-order valence-corrected chi connectivity index (χ3v) is 3.30. The van der Waals surface area contributed by atoms with Crippen LogP contribution in [0.2, 0.25) is 0 Å². The van der Waals surface area contributed by atoms with Gasteiger partial charge in [-0.05, 0) is 30.9 Å². The molecule has 0 atom stereocenters. The Morgan fingerprint density at radius 2 is 1.84 bits per heavy atom. The zero-order valence-corrected chi connectivity index (χ0v) is 11.3. The Bertz CT molecular complexity index is 415. The SMILES string of the molecule is CCCCCc1cc(C2OCCCO2)c(F)cc1F. The molecule has 0 spiro atoms. The number of ether oxygens (including phenoxy) is 2. The molecule has 0 bridgehead atoms. The fraction of sp³-hybridized carbons (Fsp3) is 0.600. The first-order valence-corrected chi connectivity index (χ1v) is 6.93. The van der Waals surface area contributed by atoms with E-state index in [2.05, 4.69) is 6.92 Å². The summed E-state index contributed by atoms with van der Waals surface area (Å²) >= 11 is 0. The normalized spacial score (nSPS) is 16.8. The molecule has 2 nitrogen and oxygen atoms in total. The number of halogens is 2. The third-order valence-electron chi connectivity index (χ3n) is 3.30. The van der Waals surface area contributed by atoms with Gasteiger partial charge in [0.15, 0.2) is 6.29 Å². The molecule has 2 rings (SSSR count). The lowest BCUT2D eigenvalue weighted by Crippen LogP contribution is -2.19. The number of rotatable bonds is 5. The van der Waals surface area contributed by atoms with Crippen molar-refractivity contribution in [2.75, 3.05) is 13.2 Å². The molecule has 0 radical (unpaired) electrons. The van der Waals surface area contributed by atoms with Crippen molar-refractivity contribution < 1.29 is 18.3 Å². The number of hydrogen-bond donors (Lipinski definition) is 0. The molecule has 0 aromatic heterocycles. The fourth-order valence-corrected chi connectivity index (χ4v) is 2.22. The van der Waals surface area contributed by atoms with E-state index in [1.54, 1.807) is 6.07 Å². The van der Waals surface area contributed by atoms with Gasteiger partial charge in [0, 0.05) is 11.6 Å². The van der Waals surface area contributed by atoms with E-state index < -0.39 is 17.9 Å². The predicted molar refractivity (Wildman–Crippen MR) is 68.8 cm³/mol. The monoisotopic (exact) mass is 270 g/mol. The van der Waals surface area contributed by atoms with Crippen molar-refractivity contribution in [2.45, 2.75) is 45.3 Å². The van der Waals surface area contributed by atoms with Gasteiger partial charge in [0.25, 0.3) is 0 Å². The zero-order chi connectivity index (χ0) is 13.7. The quantitative estimate of drug-likeness (QED) is 0.749. The summed E-state index contributed by atoms with van der Waals surface area (Å²) in [5.74, 6) is -1.07. The lowest BCUT2D eigenvalue weighted by molar-refractivity contribution is -0.184. The minimum absolute atomic E-state index is 0.313. The van der Waals surface area contributed by atoms with Crippen LogP contribution in [0, 0.1) is 11.6 Å². The molecular weight excluding hydrogens is 250 g/mol. The molecule has 0 unspecified atom stereocenters. The summed E-state index contributed by atoms with van der Waals surface area (Å²) in [6, 6.07) is 2.49. The lowest BCUT2D eigenvalue weighted by atomic mass is 10.0. The summed E-state index contributed by atoms with van der Waals surface area (Å²) in [5.41, 5.74) is 0.857. The van der Waals surface area contributed by atoms with Gasteiger partial charge in [-0.15, -0.1) is 0 Å². The Labute approximate surface area is 112 Å². The van der Waals surface area contributed by atoms with Crippen molar-refractivity contribution >= 4 is 0 Å². The molecule has 1 heterocycles. The van der Waals surface area contributed by atoms with E-state index in [9.17, 15) is 8.78 Å². The van der Waals surface area contributed by atoms with Crippen LogP contribution in [0.3, 0.4) is 0 Å². The van der Waals surface area contributed by atoms with Crippen LogP contribution >= 0.6 is 0 Å². The Kier molecular flexibility index (Phi) is 5.28. The summed E-state index contributed by atoms with van der Waals surface area (Å²) in [7, 11) is 0. The fourth-order valence-electron chi connectivity index (χ4n) is 2.22. The summed E-state index contributed by atoms with van der Waals surface area (Å²) < 4.78 is 38.3. The van der Waals surface area contributed by atoms with Gasteiger partial charge in [0.1, 0.15) is 11.6 Å². The standard InChI is InChI=1S/C15H20F2O2/c1-2-3-4-6-11-9-12(14(17)10-13(11)16)15-18-7-5-8-19-15/h9-10,15H,2-8H2,1H3. The molecule has 0 aliphatic carbocycles. The van der Waals surface area contributed by atoms with Crippen molar-refractivity contribution in [1.82, 2.24) is 0 Å². The zero-order valence-electron chi connectivity index (χ0n) is 11.3. The smallest absolute Gasteiger partial charge is 0.186 e. The van der Waals surface area contributed by atoms with Gasteiger partial charge < -0.3 is 9.47 Å². The summed E-state index contributed by atoms with van der Waals surface area (Å²) in [6.45, 7) is 3.19. The highest BCUT2D eigenvalue weighted by atomic mass is 19.1. The summed E-state index contributed by atoms with van der Waals surface area (Å²) in [6.07, 6.45) is 3.76. The molecule has 4 heteroatoms. The first kappa shape index (κ1) is 14.4. The van der Waals surface area contributed by atoms with Crippen LogP contribution in [0.1, 0.15) is 50.0 Å². The van der Waals surface area contributed by atoms with Gasteiger partial charge in [0.05, 0.1) is 13.2 Å². The van der Waals surface area contributed by atoms with Crippen LogP contribution in [0.5, 0.6) is 0 Å². The molecule has 1 aromatic carbocycles. The van der Waals surface area contributed by atoms with Crippen LogP contribution < -0.4 is 0 Å². The van der Waals surface area contributed by atoms with E-state index in [1.165, 1.54) is 0 Å². The third kappa shape index (κ3) is 3.74. The van der Waals surface area contributed by atoms with Gasteiger partial charge in [-0.2, -0.15) is 0 Å². The minimum atomic E-state index is -0.695. The van der Waals surface area contributed by atoms with Gasteiger partial charge in [-0.3, -0.25) is 0 Å². The molecule has 0 saturated carbocycles. The van der Waals surface area contributed by atoms with Gasteiger partial charge in [-0.1, -0.05) is 19.8 Å². The van der Waals surface area contributed by atoms with E-state index in [0.717, 1.165) is 31.7 Å². The molecule has 1 fully saturated rings. The maximum Gasteiger partial charge on any atom is 0.186 e. The minimum Gasteiger partial charge on any atom is -0.348 e. The molecule has 1 aliphatic rings. The Morgan fingerprint density at radius 1 is 1.11 bits per heavy atom. The van der Waals surface area contributed by atoms with Crippen molar-refractivity contribution in [3.05, 3.63) is 34.9 Å². The van der Waals surface area contributed by atoms with Crippen molar-refractivity contribution in [2.24, 2.45) is 0 Å². The van der Waals surface area contributed by atoms with E-state index in [4.69, 9.17) is 9.47 Å². The maximum atomic E-state index is 13.8. The largest absolute Gasteiger partial charge is 0.348 e. The van der Waals surface area contributed by atoms with Crippen LogP contribution in [-0.4, -0.2) is 13.2 Å². The topological polar surface area (TPSA) is 18.5 Å². The van der Waals surface area contributed by atoms with Gasteiger partial charge >= 0.3 is 0 Å². The number of hydrogen-bond acceptors (Lipinski definition) is 2. The lowest BCUT2D eigenvalue weighted by Gasteiger charge is -2.24. The molecule has 1 aromatic rings. The maximum absolute atomic E-state index is 13.8. The van der Waals surface area contributed by atoms with Gasteiger partial charge in [0.2, 0.25) is 0 Å². The van der Waals surface area contributed by atoms with Crippen LogP contribution in [0.25, 0.3) is 0 Å². The average molecular weight is 270 g/mol. The number of benzene rings is 1.